The lowest BCUT2D eigenvalue weighted by molar-refractivity contribution is -0.386. The second-order valence-electron chi connectivity index (χ2n) is 4.88. The molecule has 2 N–H and O–H groups in total. The minimum atomic E-state index is -0.687. The summed E-state index contributed by atoms with van der Waals surface area (Å²) in [6, 6.07) is 2.48. The smallest absolute Gasteiger partial charge is 0.313 e. The second-order valence-corrected chi connectivity index (χ2v) is 4.88. The molecule has 0 aliphatic carbocycles. The number of phenols is 1. The number of nitro benzene ring substituents is 1. The van der Waals surface area contributed by atoms with E-state index < -0.39 is 23.4 Å². The number of hydrogen-bond acceptors (Lipinski definition) is 5. The number of benzene rings is 1. The van der Waals surface area contributed by atoms with Crippen molar-refractivity contribution in [2.24, 2.45) is 0 Å². The van der Waals surface area contributed by atoms with Crippen LogP contribution in [-0.4, -0.2) is 47.8 Å². The van der Waals surface area contributed by atoms with Gasteiger partial charge in [0.25, 0.3) is 0 Å². The quantitative estimate of drug-likeness (QED) is 0.640. The third-order valence-corrected chi connectivity index (χ3v) is 3.66. The molecule has 1 atom stereocenters. The Morgan fingerprint density at radius 3 is 2.50 bits per heavy atom. The van der Waals surface area contributed by atoms with Gasteiger partial charge in [-0.05, 0) is 6.92 Å². The number of nitro groups is 1. The maximum atomic E-state index is 13.4. The number of aryl methyl sites for hydroxylation is 1. The number of rotatable bonds is 4. The fraction of sp³-hybridized carbons (Fsp3) is 0.538. The van der Waals surface area contributed by atoms with E-state index in [1.54, 1.807) is 19.1 Å². The Kier molecular flexibility index (Phi) is 8.62. The van der Waals surface area contributed by atoms with Gasteiger partial charge < -0.3 is 10.4 Å². The lowest BCUT2D eigenvalue weighted by atomic mass is 10.0. The molecule has 0 unspecified atom stereocenters. The highest BCUT2D eigenvalue weighted by Crippen LogP contribution is 2.38. The molecule has 1 aromatic carbocycles. The average molecular weight is 356 g/mol. The third kappa shape index (κ3) is 4.19. The first-order chi connectivity index (χ1) is 9.56. The van der Waals surface area contributed by atoms with Crippen LogP contribution < -0.4 is 5.32 Å². The fourth-order valence-electron chi connectivity index (χ4n) is 2.57. The van der Waals surface area contributed by atoms with E-state index in [-0.39, 0.29) is 36.1 Å². The monoisotopic (exact) mass is 355 g/mol. The Morgan fingerprint density at radius 1 is 1.41 bits per heavy atom. The lowest BCUT2D eigenvalue weighted by Crippen LogP contribution is -2.45. The van der Waals surface area contributed by atoms with Crippen LogP contribution in [-0.2, 0) is 0 Å². The molecule has 0 spiro atoms. The van der Waals surface area contributed by atoms with Gasteiger partial charge in [0.2, 0.25) is 0 Å². The zero-order valence-corrected chi connectivity index (χ0v) is 13.8. The van der Waals surface area contributed by atoms with Crippen molar-refractivity contribution >= 4 is 30.5 Å². The van der Waals surface area contributed by atoms with E-state index >= 15 is 0 Å². The average Bonchev–Trinajstić information content (AvgIpc) is 2.43. The van der Waals surface area contributed by atoms with Gasteiger partial charge in [-0.1, -0.05) is 12.1 Å². The van der Waals surface area contributed by atoms with E-state index in [4.69, 9.17) is 0 Å². The Balaban J connectivity index is 0.00000220. The van der Waals surface area contributed by atoms with Crippen LogP contribution >= 0.6 is 24.8 Å². The summed E-state index contributed by atoms with van der Waals surface area (Å²) in [4.78, 5) is 12.3. The number of hydrogen-bond donors (Lipinski definition) is 2. The highest BCUT2D eigenvalue weighted by atomic mass is 35.5. The molecule has 0 aromatic heterocycles. The molecule has 0 radical (unpaired) electrons. The summed E-state index contributed by atoms with van der Waals surface area (Å²) >= 11 is 0. The minimum Gasteiger partial charge on any atom is -0.502 e. The maximum absolute atomic E-state index is 13.4. The molecule has 1 saturated heterocycles. The predicted molar refractivity (Wildman–Crippen MR) is 87.2 cm³/mol. The minimum absolute atomic E-state index is 0. The first-order valence-electron chi connectivity index (χ1n) is 6.53. The summed E-state index contributed by atoms with van der Waals surface area (Å²) in [5, 5.41) is 24.3. The van der Waals surface area contributed by atoms with Crippen molar-refractivity contribution in [3.8, 4) is 5.75 Å². The summed E-state index contributed by atoms with van der Waals surface area (Å²) in [7, 11) is 0. The van der Waals surface area contributed by atoms with Gasteiger partial charge in [-0.15, -0.1) is 24.8 Å². The van der Waals surface area contributed by atoms with Crippen molar-refractivity contribution in [3.63, 3.8) is 0 Å². The predicted octanol–water partition coefficient (Wildman–Crippen LogP) is 2.37. The first-order valence-corrected chi connectivity index (χ1v) is 6.53. The molecule has 2 rings (SSSR count). The summed E-state index contributed by atoms with van der Waals surface area (Å²) in [6.07, 6.45) is 0. The van der Waals surface area contributed by atoms with E-state index in [0.29, 0.717) is 18.7 Å². The number of alkyl halides is 1. The van der Waals surface area contributed by atoms with Crippen LogP contribution in [0.2, 0.25) is 0 Å². The number of phenolic OH excluding ortho intramolecular Hbond substituents is 1. The van der Waals surface area contributed by atoms with Crippen molar-refractivity contribution in [2.45, 2.75) is 13.0 Å². The van der Waals surface area contributed by atoms with Gasteiger partial charge in [0.1, 0.15) is 6.67 Å². The summed E-state index contributed by atoms with van der Waals surface area (Å²) in [6.45, 7) is 3.65. The molecule has 22 heavy (non-hydrogen) atoms. The van der Waals surface area contributed by atoms with E-state index in [9.17, 15) is 19.6 Å². The van der Waals surface area contributed by atoms with E-state index in [0.717, 1.165) is 13.1 Å². The molecule has 6 nitrogen and oxygen atoms in total. The van der Waals surface area contributed by atoms with Gasteiger partial charge >= 0.3 is 5.69 Å². The van der Waals surface area contributed by atoms with Gasteiger partial charge in [-0.2, -0.15) is 0 Å². The largest absolute Gasteiger partial charge is 0.502 e. The Labute approximate surface area is 140 Å². The number of nitrogens with zero attached hydrogens (tertiary/aromatic N) is 2. The van der Waals surface area contributed by atoms with Crippen LogP contribution in [0.4, 0.5) is 10.1 Å². The molecule has 0 saturated carbocycles. The molecule has 1 aliphatic rings. The SMILES string of the molecule is Cc1ccc([C@H](CF)N2CCNCC2)c(O)c1[N+](=O)[O-].Cl.Cl. The molecule has 0 amide bonds. The molecule has 0 bridgehead atoms. The molecule has 1 heterocycles. The van der Waals surface area contributed by atoms with Gasteiger partial charge in [-0.25, -0.2) is 4.39 Å². The highest BCUT2D eigenvalue weighted by molar-refractivity contribution is 5.85. The fourth-order valence-corrected chi connectivity index (χ4v) is 2.57. The zero-order chi connectivity index (χ0) is 14.7. The molecule has 1 fully saturated rings. The Hall–Kier alpha value is -1.15. The van der Waals surface area contributed by atoms with Gasteiger partial charge in [0, 0.05) is 37.3 Å². The molecule has 9 heteroatoms. The van der Waals surface area contributed by atoms with Crippen molar-refractivity contribution in [2.75, 3.05) is 32.9 Å². The van der Waals surface area contributed by atoms with Crippen molar-refractivity contribution < 1.29 is 14.4 Å². The number of aromatic hydroxyl groups is 1. The topological polar surface area (TPSA) is 78.6 Å². The number of nitrogens with one attached hydrogen (secondary N) is 1. The van der Waals surface area contributed by atoms with Crippen LogP contribution in [0.1, 0.15) is 17.2 Å². The third-order valence-electron chi connectivity index (χ3n) is 3.66. The molecular formula is C13H20Cl2FN3O3. The van der Waals surface area contributed by atoms with E-state index in [2.05, 4.69) is 5.32 Å². The molecule has 1 aliphatic heterocycles. The molecular weight excluding hydrogens is 336 g/mol. The lowest BCUT2D eigenvalue weighted by Gasteiger charge is -2.33. The molecule has 126 valence electrons. The van der Waals surface area contributed by atoms with Crippen LogP contribution in [0.25, 0.3) is 0 Å². The van der Waals surface area contributed by atoms with Crippen molar-refractivity contribution in [1.82, 2.24) is 10.2 Å². The first kappa shape index (κ1) is 20.9. The Morgan fingerprint density at radius 2 is 2.00 bits per heavy atom. The van der Waals surface area contributed by atoms with Crippen LogP contribution in [0, 0.1) is 17.0 Å². The summed E-state index contributed by atoms with van der Waals surface area (Å²) < 4.78 is 13.4. The normalized spacial score (nSPS) is 16.3. The van der Waals surface area contributed by atoms with Gasteiger partial charge in [-0.3, -0.25) is 15.0 Å². The maximum Gasteiger partial charge on any atom is 0.313 e. The van der Waals surface area contributed by atoms with E-state index in [1.807, 2.05) is 4.90 Å². The van der Waals surface area contributed by atoms with E-state index in [1.165, 1.54) is 0 Å². The van der Waals surface area contributed by atoms with Crippen LogP contribution in [0.3, 0.4) is 0 Å². The highest BCUT2D eigenvalue weighted by Gasteiger charge is 2.29. The zero-order valence-electron chi connectivity index (χ0n) is 12.1. The second kappa shape index (κ2) is 9.09. The Bertz CT molecular complexity index is 514. The van der Waals surface area contributed by atoms with Gasteiger partial charge in [0.15, 0.2) is 5.75 Å². The number of piperazine rings is 1. The van der Waals surface area contributed by atoms with Gasteiger partial charge in [0.05, 0.1) is 11.0 Å². The van der Waals surface area contributed by atoms with Crippen molar-refractivity contribution in [1.29, 1.82) is 0 Å². The van der Waals surface area contributed by atoms with Crippen LogP contribution in [0.15, 0.2) is 12.1 Å². The van der Waals surface area contributed by atoms with Crippen LogP contribution in [0.5, 0.6) is 5.75 Å². The van der Waals surface area contributed by atoms with Crippen molar-refractivity contribution in [3.05, 3.63) is 33.4 Å². The number of halogens is 3. The molecule has 1 aromatic rings. The standard InChI is InChI=1S/C13H18FN3O3.2ClH/c1-9-2-3-10(13(18)12(9)17(19)20)11(8-14)16-6-4-15-5-7-16;;/h2-3,11,15,18H,4-8H2,1H3;2*1H/t11-;;/m0../s1. The summed E-state index contributed by atoms with van der Waals surface area (Å²) in [5.41, 5.74) is 0.317. The summed E-state index contributed by atoms with van der Waals surface area (Å²) in [5.74, 6) is -0.420.